The maximum Gasteiger partial charge on any atom is 0.341 e. The lowest BCUT2D eigenvalue weighted by Gasteiger charge is -2.34. The molecule has 0 spiro atoms. The number of anilines is 1. The van der Waals surface area contributed by atoms with E-state index in [1.165, 1.54) is 19.4 Å². The lowest BCUT2D eigenvalue weighted by molar-refractivity contribution is -0.384. The van der Waals surface area contributed by atoms with Crippen LogP contribution >= 0.6 is 0 Å². The molecule has 1 aromatic heterocycles. The number of hydrogen-bond acceptors (Lipinski definition) is 7. The number of nitro benzene ring substituents is 1. The second kappa shape index (κ2) is 7.03. The molecule has 1 aliphatic heterocycles. The summed E-state index contributed by atoms with van der Waals surface area (Å²) in [6.07, 6.45) is 3.03. The largest absolute Gasteiger partial charge is 0.492 e. The number of hydrogen-bond donors (Lipinski definition) is 2. The minimum absolute atomic E-state index is 0.00715. The Morgan fingerprint density at radius 2 is 2.14 bits per heavy atom. The van der Waals surface area contributed by atoms with Crippen LogP contribution in [0.25, 0.3) is 10.9 Å². The molecule has 0 bridgehead atoms. The molecule has 1 saturated carbocycles. The van der Waals surface area contributed by atoms with Gasteiger partial charge < -0.3 is 24.6 Å². The topological polar surface area (TPSA) is 127 Å². The fourth-order valence-electron chi connectivity index (χ4n) is 4.03. The molecule has 10 heteroatoms. The molecule has 1 unspecified atom stereocenters. The van der Waals surface area contributed by atoms with Crippen molar-refractivity contribution in [1.82, 2.24) is 9.88 Å². The predicted molar refractivity (Wildman–Crippen MR) is 106 cm³/mol. The SMILES string of the molecule is COc1c(N2CCNC(C)C2)c([N+](=O)[O-])cc2c(=O)c(C(=O)O)cn(C3CC3)c12. The third-order valence-corrected chi connectivity index (χ3v) is 5.48. The molecule has 2 heterocycles. The molecule has 2 fully saturated rings. The van der Waals surface area contributed by atoms with Crippen molar-refractivity contribution in [2.45, 2.75) is 31.8 Å². The standard InChI is InChI=1S/C19H22N4O6/c1-10-8-21(6-5-20-10)16-14(23(27)28)7-12-15(18(16)29-2)22(11-3-4-11)9-13(17(12)24)19(25)26/h7,9-11,20H,3-6,8H2,1-2H3,(H,25,26). The minimum atomic E-state index is -1.35. The van der Waals surface area contributed by atoms with Crippen molar-refractivity contribution in [3.63, 3.8) is 0 Å². The lowest BCUT2D eigenvalue weighted by Crippen LogP contribution is -2.49. The fourth-order valence-corrected chi connectivity index (χ4v) is 4.03. The third-order valence-electron chi connectivity index (χ3n) is 5.48. The van der Waals surface area contributed by atoms with Crippen molar-refractivity contribution in [3.8, 4) is 5.75 Å². The highest BCUT2D eigenvalue weighted by Gasteiger charge is 2.34. The molecule has 2 N–H and O–H groups in total. The maximum atomic E-state index is 12.9. The summed E-state index contributed by atoms with van der Waals surface area (Å²) in [5, 5.41) is 24.6. The van der Waals surface area contributed by atoms with Crippen LogP contribution in [0, 0.1) is 10.1 Å². The van der Waals surface area contributed by atoms with E-state index in [0.29, 0.717) is 30.8 Å². The Morgan fingerprint density at radius 1 is 1.41 bits per heavy atom. The van der Waals surface area contributed by atoms with Gasteiger partial charge in [-0.1, -0.05) is 0 Å². The number of nitrogens with one attached hydrogen (secondary N) is 1. The Bertz CT molecular complexity index is 1070. The van der Waals surface area contributed by atoms with E-state index in [-0.39, 0.29) is 28.9 Å². The number of rotatable bonds is 5. The smallest absolute Gasteiger partial charge is 0.341 e. The van der Waals surface area contributed by atoms with Gasteiger partial charge in [-0.3, -0.25) is 14.9 Å². The van der Waals surface area contributed by atoms with Crippen molar-refractivity contribution >= 4 is 28.2 Å². The Labute approximate surface area is 165 Å². The number of carbonyl (C=O) groups is 1. The van der Waals surface area contributed by atoms with E-state index in [2.05, 4.69) is 5.32 Å². The molecular formula is C19H22N4O6. The van der Waals surface area contributed by atoms with Crippen molar-refractivity contribution in [2.24, 2.45) is 0 Å². The molecule has 1 atom stereocenters. The third kappa shape index (κ3) is 3.19. The number of aromatic nitrogens is 1. The van der Waals surface area contributed by atoms with Gasteiger partial charge in [0.25, 0.3) is 5.69 Å². The first kappa shape index (κ1) is 19.2. The van der Waals surface area contributed by atoms with Gasteiger partial charge in [0.05, 0.1) is 22.9 Å². The number of ether oxygens (including phenoxy) is 1. The monoisotopic (exact) mass is 402 g/mol. The van der Waals surface area contributed by atoms with Crippen LogP contribution in [0.2, 0.25) is 0 Å². The van der Waals surface area contributed by atoms with Gasteiger partial charge in [0.15, 0.2) is 11.4 Å². The fraction of sp³-hybridized carbons (Fsp3) is 0.474. The maximum absolute atomic E-state index is 12.9. The van der Waals surface area contributed by atoms with E-state index in [9.17, 15) is 24.8 Å². The van der Waals surface area contributed by atoms with E-state index in [0.717, 1.165) is 12.8 Å². The van der Waals surface area contributed by atoms with Crippen molar-refractivity contribution < 1.29 is 19.6 Å². The zero-order chi connectivity index (χ0) is 20.9. The summed E-state index contributed by atoms with van der Waals surface area (Å²) in [7, 11) is 1.42. The van der Waals surface area contributed by atoms with Crippen LogP contribution in [-0.4, -0.2) is 53.4 Å². The van der Waals surface area contributed by atoms with Gasteiger partial charge in [0, 0.05) is 44.0 Å². The zero-order valence-electron chi connectivity index (χ0n) is 16.2. The number of piperazine rings is 1. The highest BCUT2D eigenvalue weighted by atomic mass is 16.6. The van der Waals surface area contributed by atoms with Crippen molar-refractivity contribution in [1.29, 1.82) is 0 Å². The molecule has 0 radical (unpaired) electrons. The molecular weight excluding hydrogens is 380 g/mol. The van der Waals surface area contributed by atoms with Gasteiger partial charge in [0.1, 0.15) is 5.56 Å². The summed E-state index contributed by atoms with van der Waals surface area (Å²) >= 11 is 0. The first-order chi connectivity index (χ1) is 13.8. The highest BCUT2D eigenvalue weighted by molar-refractivity contribution is 5.99. The molecule has 2 aliphatic rings. The first-order valence-corrected chi connectivity index (χ1v) is 9.49. The molecule has 1 saturated heterocycles. The molecule has 1 aromatic carbocycles. The molecule has 0 amide bonds. The predicted octanol–water partition coefficient (Wildman–Crippen LogP) is 1.75. The van der Waals surface area contributed by atoms with Crippen LogP contribution in [0.5, 0.6) is 5.75 Å². The number of aromatic carboxylic acids is 1. The summed E-state index contributed by atoms with van der Waals surface area (Å²) in [4.78, 5) is 37.7. The molecule has 10 nitrogen and oxygen atoms in total. The second-order valence-corrected chi connectivity index (χ2v) is 7.55. The highest BCUT2D eigenvalue weighted by Crippen LogP contribution is 2.46. The Morgan fingerprint density at radius 3 is 2.69 bits per heavy atom. The molecule has 4 rings (SSSR count). The normalized spacial score (nSPS) is 19.4. The number of carboxylic acid groups (broad SMARTS) is 1. The molecule has 154 valence electrons. The first-order valence-electron chi connectivity index (χ1n) is 9.49. The van der Waals surface area contributed by atoms with Gasteiger partial charge in [-0.05, 0) is 19.8 Å². The van der Waals surface area contributed by atoms with Crippen LogP contribution in [0.1, 0.15) is 36.2 Å². The lowest BCUT2D eigenvalue weighted by atomic mass is 10.1. The van der Waals surface area contributed by atoms with Crippen molar-refractivity contribution in [2.75, 3.05) is 31.6 Å². The average molecular weight is 402 g/mol. The Kier molecular flexibility index (Phi) is 4.65. The van der Waals surface area contributed by atoms with E-state index in [1.807, 2.05) is 11.8 Å². The number of methoxy groups -OCH3 is 1. The summed E-state index contributed by atoms with van der Waals surface area (Å²) in [5.41, 5.74) is -0.659. The van der Waals surface area contributed by atoms with Gasteiger partial charge in [-0.2, -0.15) is 0 Å². The van der Waals surface area contributed by atoms with Crippen LogP contribution < -0.4 is 20.4 Å². The van der Waals surface area contributed by atoms with Gasteiger partial charge in [-0.15, -0.1) is 0 Å². The van der Waals surface area contributed by atoms with Crippen LogP contribution in [0.3, 0.4) is 0 Å². The number of fused-ring (bicyclic) bond motifs is 1. The van der Waals surface area contributed by atoms with Gasteiger partial charge in [-0.25, -0.2) is 4.79 Å². The Balaban J connectivity index is 2.10. The van der Waals surface area contributed by atoms with E-state index in [1.54, 1.807) is 4.57 Å². The molecule has 2 aromatic rings. The number of pyridine rings is 1. The van der Waals surface area contributed by atoms with E-state index < -0.39 is 21.9 Å². The summed E-state index contributed by atoms with van der Waals surface area (Å²) < 4.78 is 7.37. The summed E-state index contributed by atoms with van der Waals surface area (Å²) in [6, 6.07) is 1.37. The van der Waals surface area contributed by atoms with Gasteiger partial charge >= 0.3 is 5.97 Å². The average Bonchev–Trinajstić information content (AvgIpc) is 3.51. The van der Waals surface area contributed by atoms with Gasteiger partial charge in [0.2, 0.25) is 5.43 Å². The number of nitrogens with zero attached hydrogens (tertiary/aromatic N) is 3. The van der Waals surface area contributed by atoms with Crippen LogP contribution in [-0.2, 0) is 0 Å². The number of carboxylic acids is 1. The number of nitro groups is 1. The molecule has 29 heavy (non-hydrogen) atoms. The quantitative estimate of drug-likeness (QED) is 0.572. The Hall–Kier alpha value is -3.14. The van der Waals surface area contributed by atoms with E-state index >= 15 is 0 Å². The number of benzene rings is 1. The van der Waals surface area contributed by atoms with E-state index in [4.69, 9.17) is 4.74 Å². The minimum Gasteiger partial charge on any atom is -0.492 e. The molecule has 1 aliphatic carbocycles. The zero-order valence-corrected chi connectivity index (χ0v) is 16.2. The summed E-state index contributed by atoms with van der Waals surface area (Å²) in [6.45, 7) is 3.75. The van der Waals surface area contributed by atoms with Crippen LogP contribution in [0.15, 0.2) is 17.1 Å². The summed E-state index contributed by atoms with van der Waals surface area (Å²) in [5.74, 6) is -1.11. The van der Waals surface area contributed by atoms with Crippen LogP contribution in [0.4, 0.5) is 11.4 Å². The second-order valence-electron chi connectivity index (χ2n) is 7.55. The van der Waals surface area contributed by atoms with Crippen molar-refractivity contribution in [3.05, 3.63) is 38.2 Å².